The number of benzene rings is 1. The average molecular weight is 809 g/mol. The summed E-state index contributed by atoms with van der Waals surface area (Å²) < 4.78 is 4.91. The van der Waals surface area contributed by atoms with Crippen molar-refractivity contribution in [2.24, 2.45) is 21.7 Å². The van der Waals surface area contributed by atoms with E-state index in [4.69, 9.17) is 9.73 Å². The van der Waals surface area contributed by atoms with Gasteiger partial charge in [-0.25, -0.2) is 4.98 Å². The van der Waals surface area contributed by atoms with Crippen LogP contribution >= 0.6 is 11.3 Å². The molecule has 1 aromatic carbocycles. The summed E-state index contributed by atoms with van der Waals surface area (Å²) in [6, 6.07) is 3.88. The average Bonchev–Trinajstić information content (AvgIpc) is 3.87. The number of nitrogens with one attached hydrogen (secondary N) is 5. The molecule has 3 heterocycles. The summed E-state index contributed by atoms with van der Waals surface area (Å²) in [5.41, 5.74) is -0.696. The van der Waals surface area contributed by atoms with E-state index in [2.05, 4.69) is 31.6 Å². The third-order valence-electron chi connectivity index (χ3n) is 10.4. The van der Waals surface area contributed by atoms with Gasteiger partial charge < -0.3 is 36.2 Å². The Labute approximate surface area is 340 Å². The first-order chi connectivity index (χ1) is 26.7. The maximum absolute atomic E-state index is 14.7. The minimum atomic E-state index is -1.12. The van der Waals surface area contributed by atoms with Crippen LogP contribution in [0.5, 0.6) is 0 Å². The van der Waals surface area contributed by atoms with Crippen LogP contribution in [0.15, 0.2) is 46.9 Å². The van der Waals surface area contributed by atoms with E-state index < -0.39 is 76.7 Å². The van der Waals surface area contributed by atoms with Gasteiger partial charge in [0, 0.05) is 24.0 Å². The van der Waals surface area contributed by atoms with E-state index in [1.807, 2.05) is 92.6 Å². The Morgan fingerprint density at radius 2 is 1.65 bits per heavy atom. The van der Waals surface area contributed by atoms with Gasteiger partial charge in [0.25, 0.3) is 0 Å². The molecule has 1 saturated heterocycles. The van der Waals surface area contributed by atoms with Crippen LogP contribution in [0.4, 0.5) is 0 Å². The van der Waals surface area contributed by atoms with Gasteiger partial charge in [-0.3, -0.25) is 33.8 Å². The number of rotatable bonds is 11. The molecule has 5 amide bonds. The Kier molecular flexibility index (Phi) is 15.0. The second-order valence-electron chi connectivity index (χ2n) is 17.3. The minimum Gasteiger partial charge on any atom is -0.469 e. The number of aromatic nitrogens is 1. The van der Waals surface area contributed by atoms with Gasteiger partial charge in [-0.05, 0) is 35.2 Å². The number of nitrogens with zero attached hydrogens (tertiary/aromatic N) is 3. The number of ether oxygens (including phenoxy) is 1. The Hall–Kier alpha value is -4.86. The molecule has 7 unspecified atom stereocenters. The van der Waals surface area contributed by atoms with E-state index in [0.29, 0.717) is 24.4 Å². The van der Waals surface area contributed by atoms with Gasteiger partial charge in [0.1, 0.15) is 41.6 Å². The number of amides is 5. The zero-order valence-electron chi connectivity index (χ0n) is 34.8. The minimum absolute atomic E-state index is 0.166. The molecule has 15 nitrogen and oxygen atoms in total. The monoisotopic (exact) mass is 808 g/mol. The molecule has 7 atom stereocenters. The Morgan fingerprint density at radius 1 is 0.965 bits per heavy atom. The molecule has 0 radical (unpaired) electrons. The summed E-state index contributed by atoms with van der Waals surface area (Å²) in [7, 11) is 1.27. The maximum Gasteiger partial charge on any atom is 0.308 e. The van der Waals surface area contributed by atoms with Gasteiger partial charge in [-0.15, -0.1) is 11.3 Å². The molecule has 0 bridgehead atoms. The fraction of sp³-hybridized carbons (Fsp3) is 0.610. The highest BCUT2D eigenvalue weighted by Crippen LogP contribution is 2.28. The molecule has 2 aromatic rings. The zero-order valence-corrected chi connectivity index (χ0v) is 35.6. The third kappa shape index (κ3) is 11.6. The molecule has 1 fully saturated rings. The van der Waals surface area contributed by atoms with Crippen LogP contribution in [-0.2, 0) is 33.5 Å². The first-order valence-electron chi connectivity index (χ1n) is 19.6. The molecule has 0 aliphatic carbocycles. The van der Waals surface area contributed by atoms with Crippen molar-refractivity contribution < 1.29 is 33.5 Å². The van der Waals surface area contributed by atoms with Gasteiger partial charge in [-0.2, -0.15) is 0 Å². The van der Waals surface area contributed by atoms with Crippen molar-refractivity contribution in [3.8, 4) is 0 Å². The second-order valence-corrected chi connectivity index (χ2v) is 18.3. The maximum atomic E-state index is 14.7. The molecule has 57 heavy (non-hydrogen) atoms. The van der Waals surface area contributed by atoms with E-state index in [1.54, 1.807) is 11.6 Å². The number of carbonyl (C=O) groups excluding carboxylic acids is 6. The van der Waals surface area contributed by atoms with Crippen molar-refractivity contribution in [1.29, 1.82) is 0 Å². The highest BCUT2D eigenvalue weighted by molar-refractivity contribution is 7.09. The van der Waals surface area contributed by atoms with Crippen molar-refractivity contribution in [2.45, 2.75) is 124 Å². The van der Waals surface area contributed by atoms with Crippen LogP contribution in [0.3, 0.4) is 0 Å². The highest BCUT2D eigenvalue weighted by Gasteiger charge is 2.43. The summed E-state index contributed by atoms with van der Waals surface area (Å²) in [5.74, 6) is -3.34. The smallest absolute Gasteiger partial charge is 0.308 e. The molecule has 1 aromatic heterocycles. The number of fused-ring (bicyclic) bond motifs is 1. The number of aliphatic imine (C=N–C) groups is 1. The van der Waals surface area contributed by atoms with Crippen LogP contribution in [0.25, 0.3) is 0 Å². The van der Waals surface area contributed by atoms with Gasteiger partial charge >= 0.3 is 5.97 Å². The van der Waals surface area contributed by atoms with Gasteiger partial charge in [0.15, 0.2) is 0 Å². The molecule has 2 aliphatic rings. The topological polar surface area (TPSA) is 200 Å². The van der Waals surface area contributed by atoms with Gasteiger partial charge in [-0.1, -0.05) is 92.6 Å². The lowest BCUT2D eigenvalue weighted by Gasteiger charge is -2.39. The summed E-state index contributed by atoms with van der Waals surface area (Å²) in [4.78, 5) is 93.3. The molecule has 0 spiro atoms. The number of methoxy groups -OCH3 is 1. The largest absolute Gasteiger partial charge is 0.469 e. The molecule has 2 aliphatic heterocycles. The van der Waals surface area contributed by atoms with Crippen LogP contribution in [-0.4, -0.2) is 102 Å². The fourth-order valence-corrected chi connectivity index (χ4v) is 7.75. The van der Waals surface area contributed by atoms with Crippen molar-refractivity contribution in [3.05, 3.63) is 52.5 Å². The molecule has 0 saturated carbocycles. The van der Waals surface area contributed by atoms with Crippen LogP contribution in [0.1, 0.15) is 104 Å². The van der Waals surface area contributed by atoms with Crippen molar-refractivity contribution >= 4 is 52.7 Å². The predicted octanol–water partition coefficient (Wildman–Crippen LogP) is 3.23. The first-order valence-corrected chi connectivity index (χ1v) is 20.4. The highest BCUT2D eigenvalue weighted by atomic mass is 32.1. The summed E-state index contributed by atoms with van der Waals surface area (Å²) in [6.45, 7) is 16.9. The molecule has 4 rings (SSSR count). The van der Waals surface area contributed by atoms with Crippen LogP contribution in [0, 0.1) is 16.7 Å². The Balaban J connectivity index is 1.75. The lowest BCUT2D eigenvalue weighted by atomic mass is 9.82. The van der Waals surface area contributed by atoms with Crippen LogP contribution in [0.2, 0.25) is 0 Å². The molecular weight excluding hydrogens is 749 g/mol. The van der Waals surface area contributed by atoms with Gasteiger partial charge in [0.2, 0.25) is 29.5 Å². The van der Waals surface area contributed by atoms with E-state index in [9.17, 15) is 28.8 Å². The SMILES string of the molecule is COC(=O)CC(NC(=O)C(NC(=O)C(NC1=NCC(=O)N2CCCC2C(=O)NC(C(C)C)C(=O)NC1C(C)(C)C)C(C)(C)C)C(C)c1ccccc1)c1nccs1. The second kappa shape index (κ2) is 19.1. The predicted molar refractivity (Wildman–Crippen MR) is 218 cm³/mol. The molecule has 312 valence electrons. The quantitative estimate of drug-likeness (QED) is 0.212. The standard InChI is InChI=1S/C41H60N8O7S/c1-23(2)30-36(53)48-32(40(4,5)6)34(43-22-28(50)49-19-14-17-27(49)35(52)45-30)47-33(41(7,8)9)38(55)46-31(24(3)25-15-12-11-13-16-25)37(54)44-26(21-29(51)56-10)39-42-18-20-57-39/h11-13,15-16,18,20,23-24,26-27,30-33H,14,17,19,21-22H2,1-10H3,(H,43,47)(H,44,54)(H,45,52)(H,46,55)(H,48,53). The lowest BCUT2D eigenvalue weighted by Crippen LogP contribution is -2.64. The van der Waals surface area contributed by atoms with Gasteiger partial charge in [0.05, 0.1) is 25.6 Å². The summed E-state index contributed by atoms with van der Waals surface area (Å²) in [5, 5.41) is 17.5. The number of carbonyl (C=O) groups is 6. The molecule has 5 N–H and O–H groups in total. The first kappa shape index (κ1) is 44.8. The zero-order chi connectivity index (χ0) is 42.2. The summed E-state index contributed by atoms with van der Waals surface area (Å²) >= 11 is 1.28. The van der Waals surface area contributed by atoms with Crippen molar-refractivity contribution in [2.75, 3.05) is 20.2 Å². The number of amidine groups is 1. The fourth-order valence-electron chi connectivity index (χ4n) is 7.06. The van der Waals surface area contributed by atoms with E-state index in [0.717, 1.165) is 5.56 Å². The van der Waals surface area contributed by atoms with Crippen molar-refractivity contribution in [3.63, 3.8) is 0 Å². The van der Waals surface area contributed by atoms with Crippen molar-refractivity contribution in [1.82, 2.24) is 36.5 Å². The van der Waals surface area contributed by atoms with E-state index in [1.165, 1.54) is 23.3 Å². The number of hydrogen-bond donors (Lipinski definition) is 5. The Morgan fingerprint density at radius 3 is 2.23 bits per heavy atom. The van der Waals surface area contributed by atoms with Crippen LogP contribution < -0.4 is 26.6 Å². The number of esters is 1. The normalized spacial score (nSPS) is 21.7. The van der Waals surface area contributed by atoms with E-state index in [-0.39, 0.29) is 36.5 Å². The third-order valence-corrected chi connectivity index (χ3v) is 11.3. The Bertz CT molecular complexity index is 1770. The van der Waals surface area contributed by atoms with E-state index >= 15 is 0 Å². The lowest BCUT2D eigenvalue weighted by molar-refractivity contribution is -0.141. The molecule has 16 heteroatoms. The number of hydrogen-bond acceptors (Lipinski definition) is 11. The number of thiazole rings is 1. The summed E-state index contributed by atoms with van der Waals surface area (Å²) in [6.07, 6.45) is 2.52. The molecular formula is C41H60N8O7S.